The van der Waals surface area contributed by atoms with Crippen LogP contribution in [0.2, 0.25) is 0 Å². The average molecular weight is 256 g/mol. The lowest BCUT2D eigenvalue weighted by molar-refractivity contribution is 0.641. The minimum atomic E-state index is 0.972. The van der Waals surface area contributed by atoms with Gasteiger partial charge in [-0.1, -0.05) is 35.3 Å². The molecule has 0 heterocycles. The molecule has 0 atom stereocenters. The number of aryl methyl sites for hydroxylation is 1. The molecule has 0 saturated heterocycles. The predicted octanol–water partition coefficient (Wildman–Crippen LogP) is 3.65. The Hall–Kier alpha value is -0.340. The zero-order valence-corrected chi connectivity index (χ0v) is 10.5. The van der Waals surface area contributed by atoms with Crippen molar-refractivity contribution in [1.29, 1.82) is 0 Å². The standard InChI is InChI=1S/C12H18BrN/c1-3-4-5-14-9-11-6-10(2)7-12(13)8-11/h6-8,14H,3-5,9H2,1-2H3. The molecular weight excluding hydrogens is 238 g/mol. The largest absolute Gasteiger partial charge is 0.313 e. The molecule has 0 radical (unpaired) electrons. The Kier molecular flexibility index (Phi) is 5.20. The highest BCUT2D eigenvalue weighted by Gasteiger charge is 1.95. The second-order valence-electron chi connectivity index (χ2n) is 3.67. The van der Waals surface area contributed by atoms with Crippen LogP contribution in [0.4, 0.5) is 0 Å². The van der Waals surface area contributed by atoms with Gasteiger partial charge in [0.25, 0.3) is 0 Å². The zero-order valence-electron chi connectivity index (χ0n) is 8.94. The summed E-state index contributed by atoms with van der Waals surface area (Å²) in [6.07, 6.45) is 2.51. The molecule has 14 heavy (non-hydrogen) atoms. The molecule has 1 nitrogen and oxygen atoms in total. The van der Waals surface area contributed by atoms with Gasteiger partial charge in [-0.3, -0.25) is 0 Å². The van der Waals surface area contributed by atoms with Crippen molar-refractivity contribution in [2.75, 3.05) is 6.54 Å². The molecule has 1 aromatic carbocycles. The molecule has 0 bridgehead atoms. The number of hydrogen-bond acceptors (Lipinski definition) is 1. The van der Waals surface area contributed by atoms with Crippen LogP contribution >= 0.6 is 15.9 Å². The number of hydrogen-bond donors (Lipinski definition) is 1. The quantitative estimate of drug-likeness (QED) is 0.793. The van der Waals surface area contributed by atoms with E-state index in [1.54, 1.807) is 0 Å². The number of halogens is 1. The van der Waals surface area contributed by atoms with Crippen LogP contribution in [0, 0.1) is 6.92 Å². The van der Waals surface area contributed by atoms with Gasteiger partial charge in [-0.25, -0.2) is 0 Å². The molecule has 0 aliphatic carbocycles. The van der Waals surface area contributed by atoms with E-state index >= 15 is 0 Å². The van der Waals surface area contributed by atoms with E-state index in [9.17, 15) is 0 Å². The van der Waals surface area contributed by atoms with E-state index in [0.717, 1.165) is 13.1 Å². The van der Waals surface area contributed by atoms with E-state index in [1.807, 2.05) is 0 Å². The summed E-state index contributed by atoms with van der Waals surface area (Å²) >= 11 is 3.51. The van der Waals surface area contributed by atoms with Gasteiger partial charge in [0.15, 0.2) is 0 Å². The van der Waals surface area contributed by atoms with Gasteiger partial charge in [-0.2, -0.15) is 0 Å². The van der Waals surface area contributed by atoms with Gasteiger partial charge in [0.2, 0.25) is 0 Å². The van der Waals surface area contributed by atoms with E-state index in [4.69, 9.17) is 0 Å². The topological polar surface area (TPSA) is 12.0 Å². The summed E-state index contributed by atoms with van der Waals surface area (Å²) in [5.41, 5.74) is 2.67. The maximum absolute atomic E-state index is 3.51. The Labute approximate surface area is 95.0 Å². The van der Waals surface area contributed by atoms with Crippen molar-refractivity contribution >= 4 is 15.9 Å². The summed E-state index contributed by atoms with van der Waals surface area (Å²) in [5.74, 6) is 0. The molecule has 78 valence electrons. The Morgan fingerprint density at radius 2 is 2.07 bits per heavy atom. The smallest absolute Gasteiger partial charge is 0.0205 e. The van der Waals surface area contributed by atoms with Gasteiger partial charge >= 0.3 is 0 Å². The molecule has 0 fully saturated rings. The van der Waals surface area contributed by atoms with Crippen molar-refractivity contribution in [3.63, 3.8) is 0 Å². The van der Waals surface area contributed by atoms with E-state index in [0.29, 0.717) is 0 Å². The summed E-state index contributed by atoms with van der Waals surface area (Å²) in [4.78, 5) is 0. The predicted molar refractivity (Wildman–Crippen MR) is 65.5 cm³/mol. The first-order valence-electron chi connectivity index (χ1n) is 5.19. The lowest BCUT2D eigenvalue weighted by Gasteiger charge is -2.05. The minimum absolute atomic E-state index is 0.972. The van der Waals surface area contributed by atoms with E-state index < -0.39 is 0 Å². The molecule has 0 saturated carbocycles. The lowest BCUT2D eigenvalue weighted by atomic mass is 10.1. The van der Waals surface area contributed by atoms with Crippen LogP contribution in [0.5, 0.6) is 0 Å². The Morgan fingerprint density at radius 1 is 1.29 bits per heavy atom. The fourth-order valence-electron chi connectivity index (χ4n) is 1.45. The molecule has 1 rings (SSSR count). The van der Waals surface area contributed by atoms with Crippen molar-refractivity contribution in [3.8, 4) is 0 Å². The number of unbranched alkanes of at least 4 members (excludes halogenated alkanes) is 1. The van der Waals surface area contributed by atoms with Crippen LogP contribution in [-0.4, -0.2) is 6.54 Å². The third-order valence-electron chi connectivity index (χ3n) is 2.14. The van der Waals surface area contributed by atoms with Crippen molar-refractivity contribution < 1.29 is 0 Å². The van der Waals surface area contributed by atoms with E-state index in [-0.39, 0.29) is 0 Å². The zero-order chi connectivity index (χ0) is 10.4. The van der Waals surface area contributed by atoms with Gasteiger partial charge in [-0.15, -0.1) is 0 Å². The fourth-order valence-corrected chi connectivity index (χ4v) is 2.10. The third-order valence-corrected chi connectivity index (χ3v) is 2.60. The van der Waals surface area contributed by atoms with Crippen molar-refractivity contribution in [3.05, 3.63) is 33.8 Å². The molecular formula is C12H18BrN. The van der Waals surface area contributed by atoms with Gasteiger partial charge in [-0.05, 0) is 43.1 Å². The molecule has 0 unspecified atom stereocenters. The molecule has 0 aromatic heterocycles. The van der Waals surface area contributed by atoms with E-state index in [2.05, 4.69) is 53.3 Å². The van der Waals surface area contributed by atoms with Crippen LogP contribution < -0.4 is 5.32 Å². The van der Waals surface area contributed by atoms with Crippen molar-refractivity contribution in [2.24, 2.45) is 0 Å². The molecule has 0 amide bonds. The fraction of sp³-hybridized carbons (Fsp3) is 0.500. The summed E-state index contributed by atoms with van der Waals surface area (Å²) in [6.45, 7) is 6.42. The average Bonchev–Trinajstić information content (AvgIpc) is 2.11. The molecule has 2 heteroatoms. The second-order valence-corrected chi connectivity index (χ2v) is 4.58. The highest BCUT2D eigenvalue weighted by Crippen LogP contribution is 2.14. The molecule has 0 aliphatic rings. The van der Waals surface area contributed by atoms with Gasteiger partial charge in [0, 0.05) is 11.0 Å². The lowest BCUT2D eigenvalue weighted by Crippen LogP contribution is -2.14. The normalized spacial score (nSPS) is 10.5. The van der Waals surface area contributed by atoms with Crippen LogP contribution in [0.25, 0.3) is 0 Å². The van der Waals surface area contributed by atoms with Crippen LogP contribution in [-0.2, 0) is 6.54 Å². The summed E-state index contributed by atoms with van der Waals surface area (Å²) in [5, 5.41) is 3.44. The Bertz CT molecular complexity index is 263. The summed E-state index contributed by atoms with van der Waals surface area (Å²) in [7, 11) is 0. The summed E-state index contributed by atoms with van der Waals surface area (Å²) in [6, 6.07) is 6.53. The first-order valence-corrected chi connectivity index (χ1v) is 5.98. The summed E-state index contributed by atoms with van der Waals surface area (Å²) < 4.78 is 1.17. The van der Waals surface area contributed by atoms with Crippen LogP contribution in [0.1, 0.15) is 30.9 Å². The number of benzene rings is 1. The van der Waals surface area contributed by atoms with Gasteiger partial charge in [0.05, 0.1) is 0 Å². The minimum Gasteiger partial charge on any atom is -0.313 e. The third kappa shape index (κ3) is 4.25. The highest BCUT2D eigenvalue weighted by molar-refractivity contribution is 9.10. The van der Waals surface area contributed by atoms with Gasteiger partial charge in [0.1, 0.15) is 0 Å². The maximum Gasteiger partial charge on any atom is 0.0205 e. The first-order chi connectivity index (χ1) is 6.72. The van der Waals surface area contributed by atoms with Gasteiger partial charge < -0.3 is 5.32 Å². The molecule has 0 spiro atoms. The second kappa shape index (κ2) is 6.20. The first kappa shape index (κ1) is 11.7. The SMILES string of the molecule is CCCCNCc1cc(C)cc(Br)c1. The molecule has 1 N–H and O–H groups in total. The van der Waals surface area contributed by atoms with Crippen molar-refractivity contribution in [2.45, 2.75) is 33.2 Å². The van der Waals surface area contributed by atoms with Crippen LogP contribution in [0.3, 0.4) is 0 Å². The molecule has 1 aromatic rings. The Morgan fingerprint density at radius 3 is 2.71 bits per heavy atom. The van der Waals surface area contributed by atoms with Crippen molar-refractivity contribution in [1.82, 2.24) is 5.32 Å². The van der Waals surface area contributed by atoms with Crippen LogP contribution in [0.15, 0.2) is 22.7 Å². The van der Waals surface area contributed by atoms with E-state index in [1.165, 1.54) is 28.4 Å². The monoisotopic (exact) mass is 255 g/mol. The highest BCUT2D eigenvalue weighted by atomic mass is 79.9. The number of nitrogens with one attached hydrogen (secondary N) is 1. The maximum atomic E-state index is 3.51. The number of rotatable bonds is 5. The Balaban J connectivity index is 2.42. The molecule has 0 aliphatic heterocycles.